The quantitative estimate of drug-likeness (QED) is 0.823. The number of hydrogen-bond acceptors (Lipinski definition) is 4. The highest BCUT2D eigenvalue weighted by atomic mass is 32.2. The van der Waals surface area contributed by atoms with Crippen molar-refractivity contribution in [3.63, 3.8) is 0 Å². The van der Waals surface area contributed by atoms with Gasteiger partial charge >= 0.3 is 5.97 Å². The Kier molecular flexibility index (Phi) is 4.81. The Balaban J connectivity index is 1.96. The van der Waals surface area contributed by atoms with E-state index in [0.717, 1.165) is 25.7 Å². The van der Waals surface area contributed by atoms with Crippen LogP contribution in [0.2, 0.25) is 0 Å². The molecule has 110 valence electrons. The number of sulfonamides is 1. The van der Waals surface area contributed by atoms with Crippen molar-refractivity contribution < 1.29 is 23.1 Å². The average molecular weight is 291 g/mol. The third-order valence-electron chi connectivity index (χ3n) is 3.87. The number of ether oxygens (including phenoxy) is 1. The smallest absolute Gasteiger partial charge is 0.334 e. The predicted octanol–water partition coefficient (Wildman–Crippen LogP) is 0.682. The summed E-state index contributed by atoms with van der Waals surface area (Å²) in [5, 5.41) is 8.90. The minimum atomic E-state index is -3.36. The molecular weight excluding hydrogens is 270 g/mol. The molecular formula is C12H21NO5S. The van der Waals surface area contributed by atoms with Crippen LogP contribution in [0, 0.1) is 5.92 Å². The lowest BCUT2D eigenvalue weighted by atomic mass is 9.91. The number of aliphatic carboxylic acids is 1. The largest absolute Gasteiger partial charge is 0.479 e. The summed E-state index contributed by atoms with van der Waals surface area (Å²) in [5.41, 5.74) is 0. The van der Waals surface area contributed by atoms with Crippen molar-refractivity contribution in [2.75, 3.05) is 25.4 Å². The van der Waals surface area contributed by atoms with Gasteiger partial charge in [-0.2, -0.15) is 4.31 Å². The highest BCUT2D eigenvalue weighted by molar-refractivity contribution is 7.89. The molecule has 2 fully saturated rings. The first-order valence-electron chi connectivity index (χ1n) is 6.81. The minimum absolute atomic E-state index is 0.0651. The van der Waals surface area contributed by atoms with Gasteiger partial charge in [-0.1, -0.05) is 19.3 Å². The lowest BCUT2D eigenvalue weighted by Crippen LogP contribution is -2.49. The first-order valence-corrected chi connectivity index (χ1v) is 8.42. The molecule has 1 unspecified atom stereocenters. The molecule has 1 N–H and O–H groups in total. The summed E-state index contributed by atoms with van der Waals surface area (Å²) >= 11 is 0. The second-order valence-electron chi connectivity index (χ2n) is 5.34. The number of nitrogens with zero attached hydrogens (tertiary/aromatic N) is 1. The molecule has 1 saturated carbocycles. The molecule has 1 atom stereocenters. The third kappa shape index (κ3) is 3.90. The maximum Gasteiger partial charge on any atom is 0.334 e. The highest BCUT2D eigenvalue weighted by Crippen LogP contribution is 2.26. The second kappa shape index (κ2) is 6.19. The average Bonchev–Trinajstić information content (AvgIpc) is 2.39. The molecule has 7 heteroatoms. The van der Waals surface area contributed by atoms with E-state index >= 15 is 0 Å². The van der Waals surface area contributed by atoms with Crippen LogP contribution in [-0.4, -0.2) is 55.4 Å². The fourth-order valence-corrected chi connectivity index (χ4v) is 4.64. The lowest BCUT2D eigenvalue weighted by molar-refractivity contribution is -0.153. The van der Waals surface area contributed by atoms with Crippen molar-refractivity contribution in [1.29, 1.82) is 0 Å². The maximum absolute atomic E-state index is 12.3. The molecule has 0 aromatic carbocycles. The van der Waals surface area contributed by atoms with Gasteiger partial charge in [0, 0.05) is 6.54 Å². The summed E-state index contributed by atoms with van der Waals surface area (Å²) in [6, 6.07) is 0. The van der Waals surface area contributed by atoms with Crippen LogP contribution in [0.1, 0.15) is 32.1 Å². The molecule has 6 nitrogen and oxygen atoms in total. The van der Waals surface area contributed by atoms with Crippen LogP contribution in [-0.2, 0) is 19.6 Å². The van der Waals surface area contributed by atoms with Crippen LogP contribution in [0.25, 0.3) is 0 Å². The van der Waals surface area contributed by atoms with Gasteiger partial charge in [0.2, 0.25) is 10.0 Å². The molecule has 19 heavy (non-hydrogen) atoms. The van der Waals surface area contributed by atoms with E-state index in [1.54, 1.807) is 0 Å². The van der Waals surface area contributed by atoms with E-state index in [0.29, 0.717) is 0 Å². The first kappa shape index (κ1) is 14.7. The number of carbonyl (C=O) groups is 1. The molecule has 0 bridgehead atoms. The van der Waals surface area contributed by atoms with Gasteiger partial charge in [-0.3, -0.25) is 0 Å². The molecule has 1 aliphatic carbocycles. The summed E-state index contributed by atoms with van der Waals surface area (Å²) in [7, 11) is -3.36. The van der Waals surface area contributed by atoms with E-state index < -0.39 is 22.1 Å². The zero-order valence-corrected chi connectivity index (χ0v) is 11.8. The fraction of sp³-hybridized carbons (Fsp3) is 0.917. The van der Waals surface area contributed by atoms with Crippen molar-refractivity contribution in [3.05, 3.63) is 0 Å². The number of carboxylic acid groups (broad SMARTS) is 1. The van der Waals surface area contributed by atoms with E-state index in [2.05, 4.69) is 0 Å². The van der Waals surface area contributed by atoms with Crippen LogP contribution in [0.4, 0.5) is 0 Å². The van der Waals surface area contributed by atoms with E-state index in [4.69, 9.17) is 9.84 Å². The van der Waals surface area contributed by atoms with E-state index in [9.17, 15) is 13.2 Å². The number of rotatable bonds is 4. The van der Waals surface area contributed by atoms with Gasteiger partial charge in [0.05, 0.1) is 18.9 Å². The maximum atomic E-state index is 12.3. The normalized spacial score (nSPS) is 27.3. The molecule has 0 aromatic rings. The Morgan fingerprint density at radius 3 is 2.58 bits per heavy atom. The van der Waals surface area contributed by atoms with Crippen molar-refractivity contribution in [1.82, 2.24) is 4.31 Å². The fourth-order valence-electron chi connectivity index (χ4n) is 2.78. The van der Waals surface area contributed by atoms with Gasteiger partial charge in [-0.15, -0.1) is 0 Å². The van der Waals surface area contributed by atoms with Crippen LogP contribution in [0.5, 0.6) is 0 Å². The Hall–Kier alpha value is -0.660. The van der Waals surface area contributed by atoms with Crippen LogP contribution >= 0.6 is 0 Å². The second-order valence-corrected chi connectivity index (χ2v) is 7.35. The zero-order chi connectivity index (χ0) is 13.9. The zero-order valence-electron chi connectivity index (χ0n) is 11.0. The highest BCUT2D eigenvalue weighted by Gasteiger charge is 2.34. The molecule has 2 rings (SSSR count). The summed E-state index contributed by atoms with van der Waals surface area (Å²) < 4.78 is 30.9. The predicted molar refractivity (Wildman–Crippen MR) is 69.3 cm³/mol. The van der Waals surface area contributed by atoms with Gasteiger partial charge < -0.3 is 9.84 Å². The van der Waals surface area contributed by atoms with E-state index in [1.165, 1.54) is 10.7 Å². The monoisotopic (exact) mass is 291 g/mol. The third-order valence-corrected chi connectivity index (χ3v) is 5.88. The Morgan fingerprint density at radius 1 is 1.26 bits per heavy atom. The van der Waals surface area contributed by atoms with Crippen molar-refractivity contribution in [2.45, 2.75) is 38.2 Å². The molecule has 2 aliphatic rings. The Labute approximate surface area is 113 Å². The van der Waals surface area contributed by atoms with E-state index in [-0.39, 0.29) is 31.4 Å². The summed E-state index contributed by atoms with van der Waals surface area (Å²) in [5.74, 6) is -0.721. The van der Waals surface area contributed by atoms with Crippen LogP contribution < -0.4 is 0 Å². The minimum Gasteiger partial charge on any atom is -0.479 e. The van der Waals surface area contributed by atoms with Gasteiger partial charge in [0.15, 0.2) is 6.10 Å². The van der Waals surface area contributed by atoms with Gasteiger partial charge in [-0.05, 0) is 18.8 Å². The van der Waals surface area contributed by atoms with Crippen LogP contribution in [0.15, 0.2) is 0 Å². The van der Waals surface area contributed by atoms with Crippen molar-refractivity contribution in [2.24, 2.45) is 5.92 Å². The molecule has 1 heterocycles. The molecule has 0 radical (unpaired) electrons. The standard InChI is InChI=1S/C12H21NO5S/c14-12(15)11-8-13(6-7-18-11)19(16,17)9-10-4-2-1-3-5-10/h10-11H,1-9H2,(H,14,15). The van der Waals surface area contributed by atoms with Gasteiger partial charge in [0.25, 0.3) is 0 Å². The molecule has 0 aromatic heterocycles. The Morgan fingerprint density at radius 2 is 1.95 bits per heavy atom. The van der Waals surface area contributed by atoms with Crippen molar-refractivity contribution >= 4 is 16.0 Å². The summed E-state index contributed by atoms with van der Waals surface area (Å²) in [6.45, 7) is 0.351. The topological polar surface area (TPSA) is 83.9 Å². The number of morpholine rings is 1. The van der Waals surface area contributed by atoms with E-state index in [1.807, 2.05) is 0 Å². The SMILES string of the molecule is O=C(O)C1CN(S(=O)(=O)CC2CCCCC2)CCO1. The summed E-state index contributed by atoms with van der Waals surface area (Å²) in [6.07, 6.45) is 4.28. The molecule has 1 aliphatic heterocycles. The number of hydrogen-bond donors (Lipinski definition) is 1. The van der Waals surface area contributed by atoms with Crippen molar-refractivity contribution in [3.8, 4) is 0 Å². The number of carboxylic acids is 1. The summed E-state index contributed by atoms with van der Waals surface area (Å²) in [4.78, 5) is 10.9. The van der Waals surface area contributed by atoms with Gasteiger partial charge in [0.1, 0.15) is 0 Å². The molecule has 0 spiro atoms. The van der Waals surface area contributed by atoms with Crippen LogP contribution in [0.3, 0.4) is 0 Å². The first-order chi connectivity index (χ1) is 8.99. The van der Waals surface area contributed by atoms with Gasteiger partial charge in [-0.25, -0.2) is 13.2 Å². The molecule has 1 saturated heterocycles. The lowest BCUT2D eigenvalue weighted by Gasteiger charge is -2.32. The molecule has 0 amide bonds. The Bertz CT molecular complexity index is 416.